The van der Waals surface area contributed by atoms with Crippen LogP contribution in [0.1, 0.15) is 28.4 Å². The third kappa shape index (κ3) is 5.82. The van der Waals surface area contributed by atoms with Gasteiger partial charge in [0.2, 0.25) is 0 Å². The Morgan fingerprint density at radius 3 is 2.75 bits per heavy atom. The normalized spacial score (nSPS) is 15.9. The largest absolute Gasteiger partial charge is 0.489 e. The van der Waals surface area contributed by atoms with Gasteiger partial charge in [-0.2, -0.15) is 0 Å². The molecule has 0 saturated carbocycles. The molecule has 1 saturated heterocycles. The molecule has 32 heavy (non-hydrogen) atoms. The van der Waals surface area contributed by atoms with Crippen LogP contribution in [0.25, 0.3) is 0 Å². The van der Waals surface area contributed by atoms with Gasteiger partial charge in [-0.25, -0.2) is 9.37 Å². The number of aromatic nitrogens is 1. The lowest BCUT2D eigenvalue weighted by atomic mass is 10.2. The molecule has 1 aromatic heterocycles. The molecule has 2 heterocycles. The van der Waals surface area contributed by atoms with E-state index in [1.54, 1.807) is 42.6 Å². The van der Waals surface area contributed by atoms with Crippen LogP contribution in [0.2, 0.25) is 0 Å². The smallest absolute Gasteiger partial charge is 0.251 e. The van der Waals surface area contributed by atoms with Crippen molar-refractivity contribution >= 4 is 11.7 Å². The van der Waals surface area contributed by atoms with Gasteiger partial charge in [-0.05, 0) is 54.4 Å². The standard InChI is InChI=1S/C25H26FN3O3/c1-18-16-29(11-12-31-18)24-10-7-20(14-27-24)15-28-25(30)21-3-2-4-23(13-21)32-17-19-5-8-22(26)9-6-19/h2-10,13-14,18H,11-12,15-17H2,1H3,(H,28,30). The molecule has 1 N–H and O–H groups in total. The Morgan fingerprint density at radius 1 is 1.19 bits per heavy atom. The molecule has 1 fully saturated rings. The summed E-state index contributed by atoms with van der Waals surface area (Å²) >= 11 is 0. The summed E-state index contributed by atoms with van der Waals surface area (Å²) in [6, 6.07) is 17.1. The molecule has 3 aromatic rings. The molecule has 6 nitrogen and oxygen atoms in total. The zero-order chi connectivity index (χ0) is 22.3. The number of rotatable bonds is 7. The van der Waals surface area contributed by atoms with Crippen molar-refractivity contribution in [3.8, 4) is 5.75 Å². The lowest BCUT2D eigenvalue weighted by Gasteiger charge is -2.32. The van der Waals surface area contributed by atoms with Crippen LogP contribution in [-0.2, 0) is 17.9 Å². The van der Waals surface area contributed by atoms with E-state index in [0.29, 0.717) is 31.1 Å². The topological polar surface area (TPSA) is 63.7 Å². The zero-order valence-corrected chi connectivity index (χ0v) is 18.0. The van der Waals surface area contributed by atoms with Crippen LogP contribution in [-0.4, -0.2) is 36.7 Å². The molecule has 1 atom stereocenters. The highest BCUT2D eigenvalue weighted by Gasteiger charge is 2.17. The van der Waals surface area contributed by atoms with Crippen LogP contribution in [0.5, 0.6) is 5.75 Å². The van der Waals surface area contributed by atoms with Crippen molar-refractivity contribution in [3.05, 3.63) is 89.4 Å². The number of nitrogens with zero attached hydrogens (tertiary/aromatic N) is 2. The summed E-state index contributed by atoms with van der Waals surface area (Å²) in [6.45, 7) is 5.08. The fraction of sp³-hybridized carbons (Fsp3) is 0.280. The van der Waals surface area contributed by atoms with Gasteiger partial charge in [0.25, 0.3) is 5.91 Å². The van der Waals surface area contributed by atoms with Gasteiger partial charge in [0.15, 0.2) is 0 Å². The number of hydrogen-bond donors (Lipinski definition) is 1. The Morgan fingerprint density at radius 2 is 2.00 bits per heavy atom. The van der Waals surface area contributed by atoms with Crippen LogP contribution in [0.3, 0.4) is 0 Å². The number of carbonyl (C=O) groups is 1. The minimum atomic E-state index is -0.284. The first-order valence-electron chi connectivity index (χ1n) is 10.6. The molecule has 0 spiro atoms. The molecule has 0 bridgehead atoms. The second-order valence-electron chi connectivity index (χ2n) is 7.78. The summed E-state index contributed by atoms with van der Waals surface area (Å²) in [7, 11) is 0. The van der Waals surface area contributed by atoms with Gasteiger partial charge < -0.3 is 19.7 Å². The maximum atomic E-state index is 13.0. The van der Waals surface area contributed by atoms with E-state index in [1.807, 2.05) is 12.1 Å². The molecule has 0 aliphatic carbocycles. The Balaban J connectivity index is 1.30. The van der Waals surface area contributed by atoms with E-state index in [1.165, 1.54) is 12.1 Å². The van der Waals surface area contributed by atoms with Crippen molar-refractivity contribution in [1.82, 2.24) is 10.3 Å². The highest BCUT2D eigenvalue weighted by molar-refractivity contribution is 5.94. The number of carbonyl (C=O) groups excluding carboxylic acids is 1. The van der Waals surface area contributed by atoms with Crippen LogP contribution in [0.4, 0.5) is 10.2 Å². The predicted molar refractivity (Wildman–Crippen MR) is 120 cm³/mol. The van der Waals surface area contributed by atoms with Gasteiger partial charge in [0.1, 0.15) is 24.0 Å². The van der Waals surface area contributed by atoms with Crippen molar-refractivity contribution in [3.63, 3.8) is 0 Å². The summed E-state index contributed by atoms with van der Waals surface area (Å²) in [5.41, 5.74) is 2.28. The minimum absolute atomic E-state index is 0.191. The summed E-state index contributed by atoms with van der Waals surface area (Å²) in [5.74, 6) is 1.02. The van der Waals surface area contributed by atoms with Crippen LogP contribution in [0, 0.1) is 5.82 Å². The molecule has 1 aliphatic heterocycles. The zero-order valence-electron chi connectivity index (χ0n) is 18.0. The van der Waals surface area contributed by atoms with E-state index < -0.39 is 0 Å². The van der Waals surface area contributed by atoms with Gasteiger partial charge in [-0.3, -0.25) is 4.79 Å². The van der Waals surface area contributed by atoms with Crippen LogP contribution in [0.15, 0.2) is 66.9 Å². The number of hydrogen-bond acceptors (Lipinski definition) is 5. The highest BCUT2D eigenvalue weighted by atomic mass is 19.1. The lowest BCUT2D eigenvalue weighted by Crippen LogP contribution is -2.41. The third-order valence-corrected chi connectivity index (χ3v) is 5.24. The number of amides is 1. The first kappa shape index (κ1) is 21.8. The fourth-order valence-corrected chi connectivity index (χ4v) is 3.49. The Labute approximate surface area is 187 Å². The van der Waals surface area contributed by atoms with Crippen molar-refractivity contribution in [2.24, 2.45) is 0 Å². The second-order valence-corrected chi connectivity index (χ2v) is 7.78. The highest BCUT2D eigenvalue weighted by Crippen LogP contribution is 2.17. The third-order valence-electron chi connectivity index (χ3n) is 5.24. The molecule has 1 amide bonds. The van der Waals surface area contributed by atoms with E-state index in [9.17, 15) is 9.18 Å². The molecule has 0 radical (unpaired) electrons. The van der Waals surface area contributed by atoms with E-state index in [0.717, 1.165) is 30.0 Å². The van der Waals surface area contributed by atoms with Crippen molar-refractivity contribution < 1.29 is 18.7 Å². The van der Waals surface area contributed by atoms with Gasteiger partial charge in [0, 0.05) is 31.4 Å². The fourth-order valence-electron chi connectivity index (χ4n) is 3.49. The molecular formula is C25H26FN3O3. The Hall–Kier alpha value is -3.45. The summed E-state index contributed by atoms with van der Waals surface area (Å²) in [4.78, 5) is 19.3. The number of anilines is 1. The van der Waals surface area contributed by atoms with Crippen LogP contribution < -0.4 is 15.0 Å². The molecule has 1 aliphatic rings. The summed E-state index contributed by atoms with van der Waals surface area (Å²) in [5, 5.41) is 2.92. The number of benzene rings is 2. The second kappa shape index (κ2) is 10.2. The average Bonchev–Trinajstić information content (AvgIpc) is 2.83. The molecule has 166 valence electrons. The van der Waals surface area contributed by atoms with Gasteiger partial charge in [-0.1, -0.05) is 24.3 Å². The molecule has 7 heteroatoms. The first-order valence-corrected chi connectivity index (χ1v) is 10.6. The summed E-state index contributed by atoms with van der Waals surface area (Å²) in [6.07, 6.45) is 1.98. The van der Waals surface area contributed by atoms with E-state index in [4.69, 9.17) is 9.47 Å². The molecule has 1 unspecified atom stereocenters. The number of ether oxygens (including phenoxy) is 2. The molecular weight excluding hydrogens is 409 g/mol. The average molecular weight is 435 g/mol. The maximum Gasteiger partial charge on any atom is 0.251 e. The van der Waals surface area contributed by atoms with E-state index in [-0.39, 0.29) is 17.8 Å². The van der Waals surface area contributed by atoms with Gasteiger partial charge in [0.05, 0.1) is 12.7 Å². The number of nitrogens with one attached hydrogen (secondary N) is 1. The van der Waals surface area contributed by atoms with Gasteiger partial charge >= 0.3 is 0 Å². The number of halogens is 1. The number of morpholine rings is 1. The molecule has 2 aromatic carbocycles. The van der Waals surface area contributed by atoms with Crippen molar-refractivity contribution in [1.29, 1.82) is 0 Å². The monoisotopic (exact) mass is 435 g/mol. The quantitative estimate of drug-likeness (QED) is 0.609. The van der Waals surface area contributed by atoms with E-state index >= 15 is 0 Å². The lowest BCUT2D eigenvalue weighted by molar-refractivity contribution is 0.0529. The number of pyridine rings is 1. The van der Waals surface area contributed by atoms with Crippen molar-refractivity contribution in [2.45, 2.75) is 26.2 Å². The van der Waals surface area contributed by atoms with E-state index in [2.05, 4.69) is 22.1 Å². The summed E-state index contributed by atoms with van der Waals surface area (Å²) < 4.78 is 24.3. The first-order chi connectivity index (χ1) is 15.6. The Bertz CT molecular complexity index is 1040. The van der Waals surface area contributed by atoms with Gasteiger partial charge in [-0.15, -0.1) is 0 Å². The molecule has 4 rings (SSSR count). The van der Waals surface area contributed by atoms with Crippen LogP contribution >= 0.6 is 0 Å². The predicted octanol–water partition coefficient (Wildman–Crippen LogP) is 3.95. The maximum absolute atomic E-state index is 13.0. The minimum Gasteiger partial charge on any atom is -0.489 e. The SMILES string of the molecule is CC1CN(c2ccc(CNC(=O)c3cccc(OCc4ccc(F)cc4)c3)cn2)CCO1. The Kier molecular flexibility index (Phi) is 6.97. The van der Waals surface area contributed by atoms with Crippen molar-refractivity contribution in [2.75, 3.05) is 24.6 Å².